The van der Waals surface area contributed by atoms with Crippen molar-refractivity contribution in [3.8, 4) is 11.5 Å². The molecular formula is C30H46N2O6S. The molecule has 2 fully saturated rings. The highest BCUT2D eigenvalue weighted by atomic mass is 32.2. The van der Waals surface area contributed by atoms with Crippen molar-refractivity contribution < 1.29 is 27.4 Å². The average molecular weight is 563 g/mol. The quantitative estimate of drug-likeness (QED) is 0.375. The number of carbonyl (C=O) groups excluding carboxylic acids is 1. The Hall–Kier alpha value is -2.13. The van der Waals surface area contributed by atoms with Gasteiger partial charge < -0.3 is 14.2 Å². The largest absolute Gasteiger partial charge is 0.458 e. The van der Waals surface area contributed by atoms with Crippen LogP contribution in [0.4, 0.5) is 0 Å². The first-order valence-electron chi connectivity index (χ1n) is 14.2. The molecule has 0 aromatic heterocycles. The maximum Gasteiger partial charge on any atom is 0.331 e. The molecular weight excluding hydrogens is 516 g/mol. The van der Waals surface area contributed by atoms with Crippen molar-refractivity contribution >= 4 is 21.7 Å². The van der Waals surface area contributed by atoms with Crippen LogP contribution in [0.3, 0.4) is 0 Å². The molecule has 218 valence electrons. The van der Waals surface area contributed by atoms with Gasteiger partial charge in [-0.2, -0.15) is 4.31 Å². The number of nitrogens with zero attached hydrogens (tertiary/aromatic N) is 2. The van der Waals surface area contributed by atoms with Gasteiger partial charge in [0.15, 0.2) is 17.5 Å². The molecule has 0 amide bonds. The van der Waals surface area contributed by atoms with Gasteiger partial charge in [0, 0.05) is 29.6 Å². The van der Waals surface area contributed by atoms with Crippen molar-refractivity contribution in [1.29, 1.82) is 0 Å². The second kappa shape index (κ2) is 10.4. The molecule has 0 saturated heterocycles. The fourth-order valence-electron chi connectivity index (χ4n) is 6.97. The van der Waals surface area contributed by atoms with Crippen LogP contribution >= 0.6 is 0 Å². The molecule has 9 heteroatoms. The highest BCUT2D eigenvalue weighted by Gasteiger charge is 2.64. The van der Waals surface area contributed by atoms with Gasteiger partial charge in [-0.3, -0.25) is 4.99 Å². The zero-order chi connectivity index (χ0) is 29.0. The molecule has 2 aliphatic carbocycles. The Labute approximate surface area is 234 Å². The Balaban J connectivity index is 1.74. The van der Waals surface area contributed by atoms with Gasteiger partial charge >= 0.3 is 5.97 Å². The molecule has 3 aliphatic rings. The van der Waals surface area contributed by atoms with Gasteiger partial charge in [0.2, 0.25) is 16.8 Å². The number of fused-ring (bicyclic) bond motifs is 3. The standard InChI is InChI=1S/C30H46N2O6S/c1-19(2)32(20(3)4)39(34,35)17-30-13-12-22(29(30,8)9)16-26(30)31-23(27(33)38-28(5,6)7)14-21-10-11-24-25(15-21)37-18-36-24/h10-11,15,19-20,22-23H,12-14,16-18H2,1-9H3/t22-,23-,30-/m1/s1. The van der Waals surface area contributed by atoms with Gasteiger partial charge in [-0.25, -0.2) is 13.2 Å². The Morgan fingerprint density at radius 2 is 1.77 bits per heavy atom. The van der Waals surface area contributed by atoms with E-state index in [0.717, 1.165) is 24.1 Å². The van der Waals surface area contributed by atoms with Crippen molar-refractivity contribution in [2.45, 2.75) is 112 Å². The van der Waals surface area contributed by atoms with Crippen LogP contribution in [0.5, 0.6) is 11.5 Å². The molecule has 3 atom stereocenters. The number of hydrogen-bond acceptors (Lipinski definition) is 7. The van der Waals surface area contributed by atoms with E-state index >= 15 is 0 Å². The summed E-state index contributed by atoms with van der Waals surface area (Å²) in [5.74, 6) is 1.25. The third kappa shape index (κ3) is 5.71. The van der Waals surface area contributed by atoms with Crippen LogP contribution in [0, 0.1) is 16.7 Å². The number of hydrogen-bond donors (Lipinski definition) is 0. The molecule has 1 aromatic rings. The van der Waals surface area contributed by atoms with Gasteiger partial charge in [0.05, 0.1) is 5.75 Å². The van der Waals surface area contributed by atoms with Crippen molar-refractivity contribution in [1.82, 2.24) is 4.31 Å². The summed E-state index contributed by atoms with van der Waals surface area (Å²) < 4.78 is 46.3. The fourth-order valence-corrected chi connectivity index (χ4v) is 9.71. The molecule has 1 aliphatic heterocycles. The second-order valence-corrected chi connectivity index (χ2v) is 15.4. The number of benzene rings is 1. The summed E-state index contributed by atoms with van der Waals surface area (Å²) in [5, 5.41) is 0. The smallest absolute Gasteiger partial charge is 0.331 e. The number of rotatable bonds is 9. The van der Waals surface area contributed by atoms with E-state index in [0.29, 0.717) is 30.3 Å². The highest BCUT2D eigenvalue weighted by Crippen LogP contribution is 2.65. The van der Waals surface area contributed by atoms with Crippen molar-refractivity contribution in [3.05, 3.63) is 23.8 Å². The van der Waals surface area contributed by atoms with E-state index in [-0.39, 0.29) is 30.0 Å². The minimum absolute atomic E-state index is 0.00373. The van der Waals surface area contributed by atoms with Crippen LogP contribution in [0.2, 0.25) is 0 Å². The molecule has 0 radical (unpaired) electrons. The molecule has 0 spiro atoms. The van der Waals surface area contributed by atoms with E-state index in [4.69, 9.17) is 19.2 Å². The number of sulfonamides is 1. The minimum atomic E-state index is -3.60. The number of esters is 1. The summed E-state index contributed by atoms with van der Waals surface area (Å²) in [6, 6.07) is 4.56. The van der Waals surface area contributed by atoms with Crippen LogP contribution in [0.1, 0.15) is 87.1 Å². The maximum absolute atomic E-state index is 13.9. The lowest BCUT2D eigenvalue weighted by Crippen LogP contribution is -2.50. The van der Waals surface area contributed by atoms with E-state index in [9.17, 15) is 13.2 Å². The van der Waals surface area contributed by atoms with E-state index < -0.39 is 33.1 Å². The Kier molecular flexibility index (Phi) is 7.93. The summed E-state index contributed by atoms with van der Waals surface area (Å²) >= 11 is 0. The number of carbonyl (C=O) groups is 1. The highest BCUT2D eigenvalue weighted by molar-refractivity contribution is 7.89. The summed E-state index contributed by atoms with van der Waals surface area (Å²) in [7, 11) is -3.60. The molecule has 2 bridgehead atoms. The van der Waals surface area contributed by atoms with Crippen LogP contribution in [-0.4, -0.2) is 60.7 Å². The normalized spacial score (nSPS) is 25.7. The average Bonchev–Trinajstić information content (AvgIpc) is 3.39. The first-order valence-corrected chi connectivity index (χ1v) is 15.8. The SMILES string of the molecule is CC(C)N(C(C)C)S(=O)(=O)C[C@]12CC[C@H](CC1=N[C@H](Cc1ccc3c(c1)OCO3)C(=O)OC(C)(C)C)C2(C)C. The minimum Gasteiger partial charge on any atom is -0.458 e. The number of aliphatic imine (C=N–C) groups is 1. The van der Waals surface area contributed by atoms with Crippen LogP contribution in [0.15, 0.2) is 23.2 Å². The lowest BCUT2D eigenvalue weighted by atomic mass is 9.70. The van der Waals surface area contributed by atoms with Gasteiger partial charge in [-0.1, -0.05) is 19.9 Å². The molecule has 0 unspecified atom stereocenters. The third-order valence-electron chi connectivity index (χ3n) is 8.79. The first-order chi connectivity index (χ1) is 18.0. The van der Waals surface area contributed by atoms with Crippen LogP contribution in [-0.2, 0) is 26.0 Å². The van der Waals surface area contributed by atoms with Crippen LogP contribution in [0.25, 0.3) is 0 Å². The predicted octanol–water partition coefficient (Wildman–Crippen LogP) is 5.38. The van der Waals surface area contributed by atoms with Crippen molar-refractivity contribution in [3.63, 3.8) is 0 Å². The summed E-state index contributed by atoms with van der Waals surface area (Å²) in [5.41, 5.74) is 0.170. The summed E-state index contributed by atoms with van der Waals surface area (Å²) in [4.78, 5) is 18.6. The predicted molar refractivity (Wildman–Crippen MR) is 153 cm³/mol. The first kappa shape index (κ1) is 29.8. The molecule has 39 heavy (non-hydrogen) atoms. The number of ether oxygens (including phenoxy) is 3. The molecule has 1 heterocycles. The van der Waals surface area contributed by atoms with E-state index in [2.05, 4.69) is 13.8 Å². The van der Waals surface area contributed by atoms with E-state index in [1.165, 1.54) is 0 Å². The monoisotopic (exact) mass is 562 g/mol. The maximum atomic E-state index is 13.9. The Bertz CT molecular complexity index is 1220. The lowest BCUT2D eigenvalue weighted by Gasteiger charge is -2.41. The summed E-state index contributed by atoms with van der Waals surface area (Å²) in [6.07, 6.45) is 2.74. The Morgan fingerprint density at radius 3 is 2.36 bits per heavy atom. The topological polar surface area (TPSA) is 94.5 Å². The Morgan fingerprint density at radius 1 is 1.13 bits per heavy atom. The fraction of sp³-hybridized carbons (Fsp3) is 0.733. The zero-order valence-electron chi connectivity index (χ0n) is 25.0. The third-order valence-corrected chi connectivity index (χ3v) is 11.1. The molecule has 4 rings (SSSR count). The molecule has 1 aromatic carbocycles. The van der Waals surface area contributed by atoms with Crippen molar-refractivity contribution in [2.24, 2.45) is 21.7 Å². The van der Waals surface area contributed by atoms with Gasteiger partial charge in [0.1, 0.15) is 5.60 Å². The van der Waals surface area contributed by atoms with E-state index in [1.807, 2.05) is 66.7 Å². The molecule has 2 saturated carbocycles. The van der Waals surface area contributed by atoms with Gasteiger partial charge in [-0.05, 0) is 96.8 Å². The zero-order valence-corrected chi connectivity index (χ0v) is 25.9. The second-order valence-electron chi connectivity index (χ2n) is 13.5. The summed E-state index contributed by atoms with van der Waals surface area (Å²) in [6.45, 7) is 17.8. The van der Waals surface area contributed by atoms with E-state index in [1.54, 1.807) is 4.31 Å². The van der Waals surface area contributed by atoms with Crippen LogP contribution < -0.4 is 9.47 Å². The molecule has 8 nitrogen and oxygen atoms in total. The van der Waals surface area contributed by atoms with Gasteiger partial charge in [-0.15, -0.1) is 0 Å². The lowest BCUT2D eigenvalue weighted by molar-refractivity contribution is -0.156. The van der Waals surface area contributed by atoms with Gasteiger partial charge in [0.25, 0.3) is 0 Å². The van der Waals surface area contributed by atoms with Crippen molar-refractivity contribution in [2.75, 3.05) is 12.5 Å². The molecule has 0 N–H and O–H groups in total.